The molecule has 0 radical (unpaired) electrons. The lowest BCUT2D eigenvalue weighted by molar-refractivity contribution is 0.470. The minimum Gasteiger partial charge on any atom is -0.507 e. The minimum atomic E-state index is 0.224. The van der Waals surface area contributed by atoms with Crippen LogP contribution in [0.5, 0.6) is 11.5 Å². The lowest BCUT2D eigenvalue weighted by Crippen LogP contribution is -1.90. The van der Waals surface area contributed by atoms with Crippen LogP contribution in [0, 0.1) is 13.8 Å². The van der Waals surface area contributed by atoms with Crippen molar-refractivity contribution in [1.29, 1.82) is 0 Å². The van der Waals surface area contributed by atoms with Gasteiger partial charge < -0.3 is 10.2 Å². The van der Waals surface area contributed by atoms with Gasteiger partial charge in [0.1, 0.15) is 11.5 Å². The van der Waals surface area contributed by atoms with E-state index in [2.05, 4.69) is 36.4 Å². The number of rotatable bonds is 5. The number of para-hydroxylation sites is 2. The third-order valence-corrected chi connectivity index (χ3v) is 7.29. The Morgan fingerprint density at radius 3 is 1.35 bits per heavy atom. The summed E-state index contributed by atoms with van der Waals surface area (Å²) in [6, 6.07) is 36.0. The predicted octanol–water partition coefficient (Wildman–Crippen LogP) is 9.19. The zero-order valence-electron chi connectivity index (χ0n) is 22.3. The molecule has 0 saturated carbocycles. The van der Waals surface area contributed by atoms with Crippen LogP contribution in [-0.4, -0.2) is 22.6 Å². The van der Waals surface area contributed by atoms with E-state index in [0.717, 1.165) is 55.2 Å². The molecule has 0 aliphatic heterocycles. The van der Waals surface area contributed by atoms with Gasteiger partial charge >= 0.3 is 0 Å². The molecule has 2 N–H and O–H groups in total. The normalized spacial score (nSPS) is 11.8. The summed E-state index contributed by atoms with van der Waals surface area (Å²) >= 11 is 0. The maximum Gasteiger partial charge on any atom is 0.127 e. The quantitative estimate of drug-likeness (QED) is 0.223. The first-order valence-corrected chi connectivity index (χ1v) is 13.2. The van der Waals surface area contributed by atoms with Gasteiger partial charge in [0.05, 0.1) is 11.4 Å². The maximum absolute atomic E-state index is 10.6. The summed E-state index contributed by atoms with van der Waals surface area (Å²) in [6.07, 6.45) is 3.43. The Hall–Kier alpha value is -5.22. The van der Waals surface area contributed by atoms with Crippen molar-refractivity contribution in [3.8, 4) is 22.6 Å². The molecule has 0 spiro atoms. The van der Waals surface area contributed by atoms with Gasteiger partial charge in [0.2, 0.25) is 0 Å². The van der Waals surface area contributed by atoms with Crippen molar-refractivity contribution >= 4 is 45.3 Å². The fraction of sp³-hybridized carbons (Fsp3) is 0.0556. The highest BCUT2D eigenvalue weighted by Gasteiger charge is 2.17. The number of aryl methyl sites for hydroxylation is 2. The van der Waals surface area contributed by atoms with Crippen LogP contribution in [0.15, 0.2) is 119 Å². The van der Waals surface area contributed by atoms with Gasteiger partial charge in [-0.05, 0) is 70.8 Å². The van der Waals surface area contributed by atoms with Crippen molar-refractivity contribution in [1.82, 2.24) is 0 Å². The lowest BCUT2D eigenvalue weighted by atomic mass is 9.91. The number of aliphatic imine (C=N–C) groups is 2. The number of phenols is 2. The highest BCUT2D eigenvalue weighted by molar-refractivity contribution is 6.13. The Morgan fingerprint density at radius 1 is 0.475 bits per heavy atom. The van der Waals surface area contributed by atoms with E-state index in [9.17, 15) is 10.2 Å². The van der Waals surface area contributed by atoms with Crippen molar-refractivity contribution < 1.29 is 10.2 Å². The van der Waals surface area contributed by atoms with Crippen molar-refractivity contribution in [3.63, 3.8) is 0 Å². The zero-order valence-corrected chi connectivity index (χ0v) is 22.3. The second-order valence-corrected chi connectivity index (χ2v) is 9.90. The predicted molar refractivity (Wildman–Crippen MR) is 167 cm³/mol. The van der Waals surface area contributed by atoms with Crippen LogP contribution in [0.25, 0.3) is 32.7 Å². The summed E-state index contributed by atoms with van der Waals surface area (Å²) < 4.78 is 0. The molecule has 6 aromatic carbocycles. The first kappa shape index (κ1) is 25.1. The molecule has 0 fully saturated rings. The molecule has 0 amide bonds. The summed E-state index contributed by atoms with van der Waals surface area (Å²) in [5.74, 6) is 0.448. The van der Waals surface area contributed by atoms with E-state index in [1.807, 2.05) is 86.6 Å². The van der Waals surface area contributed by atoms with E-state index < -0.39 is 0 Å². The average Bonchev–Trinajstić information content (AvgIpc) is 2.98. The highest BCUT2D eigenvalue weighted by Crippen LogP contribution is 2.45. The Balaban J connectivity index is 1.63. The average molecular weight is 521 g/mol. The molecule has 40 heavy (non-hydrogen) atoms. The van der Waals surface area contributed by atoms with Crippen LogP contribution < -0.4 is 0 Å². The van der Waals surface area contributed by atoms with Crippen LogP contribution in [0.1, 0.15) is 22.3 Å². The molecule has 0 aliphatic rings. The summed E-state index contributed by atoms with van der Waals surface area (Å²) in [6.45, 7) is 3.75. The standard InChI is InChI=1S/C36H28N2O2/c1-23-9-7-13-27(35(23)39)21-37-31-19-17-25-11-3-5-15-29(25)33(31)34-30-16-6-4-12-26(30)18-20-32(34)38-22-28-14-8-10-24(2)36(28)40/h3-22,39-40H,1-2H3. The Labute approximate surface area is 233 Å². The molecule has 4 heteroatoms. The molecule has 4 nitrogen and oxygen atoms in total. The monoisotopic (exact) mass is 520 g/mol. The molecule has 6 aromatic rings. The number of aromatic hydroxyl groups is 2. The Kier molecular flexibility index (Phi) is 6.59. The van der Waals surface area contributed by atoms with Gasteiger partial charge in [0, 0.05) is 34.7 Å². The van der Waals surface area contributed by atoms with Gasteiger partial charge in [-0.3, -0.25) is 9.98 Å². The number of benzene rings is 6. The van der Waals surface area contributed by atoms with Gasteiger partial charge in [-0.15, -0.1) is 0 Å². The largest absolute Gasteiger partial charge is 0.507 e. The molecule has 0 saturated heterocycles. The maximum atomic E-state index is 10.6. The molecular weight excluding hydrogens is 492 g/mol. The third-order valence-electron chi connectivity index (χ3n) is 7.29. The molecule has 0 aliphatic carbocycles. The summed E-state index contributed by atoms with van der Waals surface area (Å²) in [7, 11) is 0. The molecule has 0 atom stereocenters. The van der Waals surface area contributed by atoms with Gasteiger partial charge in [-0.1, -0.05) is 84.9 Å². The van der Waals surface area contributed by atoms with Gasteiger partial charge in [0.25, 0.3) is 0 Å². The summed E-state index contributed by atoms with van der Waals surface area (Å²) in [5.41, 5.74) is 6.37. The summed E-state index contributed by atoms with van der Waals surface area (Å²) in [4.78, 5) is 9.84. The highest BCUT2D eigenvalue weighted by atomic mass is 16.3. The van der Waals surface area contributed by atoms with Gasteiger partial charge in [-0.2, -0.15) is 0 Å². The Bertz CT molecular complexity index is 1810. The Morgan fingerprint density at radius 2 is 0.900 bits per heavy atom. The molecule has 0 aromatic heterocycles. The molecular formula is C36H28N2O2. The van der Waals surface area contributed by atoms with Gasteiger partial charge in [0.15, 0.2) is 0 Å². The second kappa shape index (κ2) is 10.5. The van der Waals surface area contributed by atoms with Crippen molar-refractivity contribution in [2.75, 3.05) is 0 Å². The van der Waals surface area contributed by atoms with Crippen molar-refractivity contribution in [3.05, 3.63) is 131 Å². The van der Waals surface area contributed by atoms with E-state index in [4.69, 9.17) is 9.98 Å². The van der Waals surface area contributed by atoms with E-state index in [1.165, 1.54) is 0 Å². The number of hydrogen-bond acceptors (Lipinski definition) is 4. The van der Waals surface area contributed by atoms with Crippen LogP contribution in [0.4, 0.5) is 11.4 Å². The first-order valence-electron chi connectivity index (χ1n) is 13.2. The van der Waals surface area contributed by atoms with E-state index in [0.29, 0.717) is 11.1 Å². The first-order chi connectivity index (χ1) is 19.5. The fourth-order valence-electron chi connectivity index (χ4n) is 5.11. The van der Waals surface area contributed by atoms with Crippen LogP contribution in [-0.2, 0) is 0 Å². The van der Waals surface area contributed by atoms with Gasteiger partial charge in [-0.25, -0.2) is 0 Å². The van der Waals surface area contributed by atoms with Crippen LogP contribution in [0.2, 0.25) is 0 Å². The number of fused-ring (bicyclic) bond motifs is 2. The van der Waals surface area contributed by atoms with Crippen LogP contribution in [0.3, 0.4) is 0 Å². The number of phenolic OH excluding ortho intramolecular Hbond substituents is 2. The fourth-order valence-corrected chi connectivity index (χ4v) is 5.11. The van der Waals surface area contributed by atoms with E-state index in [1.54, 1.807) is 12.4 Å². The SMILES string of the molecule is Cc1cccc(C=Nc2ccc3ccccc3c2-c2c(N=Cc3cccc(C)c3O)ccc3ccccc23)c1O. The molecule has 0 heterocycles. The topological polar surface area (TPSA) is 65.2 Å². The molecule has 194 valence electrons. The molecule has 6 rings (SSSR count). The molecule has 0 bridgehead atoms. The minimum absolute atomic E-state index is 0.224. The van der Waals surface area contributed by atoms with Crippen molar-refractivity contribution in [2.45, 2.75) is 13.8 Å². The van der Waals surface area contributed by atoms with Crippen molar-refractivity contribution in [2.24, 2.45) is 9.98 Å². The van der Waals surface area contributed by atoms with Crippen LogP contribution >= 0.6 is 0 Å². The third kappa shape index (κ3) is 4.61. The number of hydrogen-bond donors (Lipinski definition) is 2. The van der Waals surface area contributed by atoms with E-state index in [-0.39, 0.29) is 11.5 Å². The smallest absolute Gasteiger partial charge is 0.127 e. The second-order valence-electron chi connectivity index (χ2n) is 9.90. The molecule has 0 unspecified atom stereocenters. The number of nitrogens with zero attached hydrogens (tertiary/aromatic N) is 2. The lowest BCUT2D eigenvalue weighted by Gasteiger charge is -2.16. The zero-order chi connectivity index (χ0) is 27.6. The van der Waals surface area contributed by atoms with E-state index >= 15 is 0 Å². The summed E-state index contributed by atoms with van der Waals surface area (Å²) in [5, 5.41) is 25.5.